The number of carbonyl (C=O) groups excluding carboxylic acids is 1. The number of hydrogen-bond acceptors (Lipinski definition) is 5. The largest absolute Gasteiger partial charge is 0.419 e. The third-order valence-corrected chi connectivity index (χ3v) is 6.05. The Morgan fingerprint density at radius 3 is 2.70 bits per heavy atom. The van der Waals surface area contributed by atoms with E-state index in [2.05, 4.69) is 5.32 Å². The fourth-order valence-corrected chi connectivity index (χ4v) is 4.00. The first kappa shape index (κ1) is 18.9. The summed E-state index contributed by atoms with van der Waals surface area (Å²) in [6.07, 6.45) is 0.672. The van der Waals surface area contributed by atoms with Gasteiger partial charge in [-0.15, -0.1) is 0 Å². The lowest BCUT2D eigenvalue weighted by Crippen LogP contribution is -2.17. The van der Waals surface area contributed by atoms with Gasteiger partial charge in [-0.2, -0.15) is 0 Å². The average molecular weight is 388 g/mol. The van der Waals surface area contributed by atoms with Gasteiger partial charge in [0.15, 0.2) is 15.4 Å². The molecule has 0 spiro atoms. The minimum atomic E-state index is -3.69. The number of nitrogens with one attached hydrogen (secondary N) is 1. The molecule has 0 aliphatic carbocycles. The molecule has 1 N–H and O–H groups in total. The second-order valence-electron chi connectivity index (χ2n) is 6.23. The maximum absolute atomic E-state index is 12.5. The summed E-state index contributed by atoms with van der Waals surface area (Å²) < 4.78 is 31.4. The molecule has 1 amide bonds. The Balaban J connectivity index is 1.70. The number of benzene rings is 2. The molecule has 142 valence electrons. The van der Waals surface area contributed by atoms with Crippen LogP contribution in [0.2, 0.25) is 0 Å². The maximum atomic E-state index is 12.5. The van der Waals surface area contributed by atoms with Crippen molar-refractivity contribution in [2.75, 3.05) is 11.1 Å². The van der Waals surface area contributed by atoms with Crippen molar-refractivity contribution in [3.8, 4) is 0 Å². The van der Waals surface area contributed by atoms with E-state index >= 15 is 0 Å². The summed E-state index contributed by atoms with van der Waals surface area (Å²) in [7, 11) is -2.15. The molecular formula is C19H20N2O5S. The van der Waals surface area contributed by atoms with Crippen LogP contribution >= 0.6 is 0 Å². The highest BCUT2D eigenvalue weighted by atomic mass is 32.2. The van der Waals surface area contributed by atoms with Crippen molar-refractivity contribution in [2.45, 2.75) is 24.7 Å². The van der Waals surface area contributed by atoms with Gasteiger partial charge in [0.1, 0.15) is 0 Å². The molecule has 0 radical (unpaired) electrons. The van der Waals surface area contributed by atoms with E-state index < -0.39 is 15.6 Å². The fourth-order valence-electron chi connectivity index (χ4n) is 2.75. The number of hydrogen-bond donors (Lipinski definition) is 1. The third kappa shape index (κ3) is 4.11. The Morgan fingerprint density at radius 2 is 1.96 bits per heavy atom. The lowest BCUT2D eigenvalue weighted by Gasteiger charge is -2.07. The normalized spacial score (nSPS) is 11.6. The minimum Gasteiger partial charge on any atom is -0.408 e. The number of oxazole rings is 1. The zero-order valence-corrected chi connectivity index (χ0v) is 15.9. The molecule has 0 aliphatic heterocycles. The SMILES string of the molecule is CCc1cccc(NC(=O)CCS(=O)(=O)c2ccc3c(c2)oc(=O)n3C)c1. The smallest absolute Gasteiger partial charge is 0.408 e. The van der Waals surface area contributed by atoms with Gasteiger partial charge in [-0.05, 0) is 36.2 Å². The van der Waals surface area contributed by atoms with E-state index in [1.165, 1.54) is 22.8 Å². The molecule has 3 aromatic rings. The summed E-state index contributed by atoms with van der Waals surface area (Å²) in [5.41, 5.74) is 2.43. The van der Waals surface area contributed by atoms with E-state index in [1.54, 1.807) is 13.1 Å². The van der Waals surface area contributed by atoms with Crippen LogP contribution in [0, 0.1) is 0 Å². The average Bonchev–Trinajstić information content (AvgIpc) is 2.94. The first-order chi connectivity index (χ1) is 12.8. The molecule has 0 bridgehead atoms. The Hall–Kier alpha value is -2.87. The number of anilines is 1. The summed E-state index contributed by atoms with van der Waals surface area (Å²) >= 11 is 0. The highest BCUT2D eigenvalue weighted by molar-refractivity contribution is 7.91. The van der Waals surface area contributed by atoms with Gasteiger partial charge in [-0.25, -0.2) is 13.2 Å². The van der Waals surface area contributed by atoms with Crippen LogP contribution in [0.25, 0.3) is 11.1 Å². The maximum Gasteiger partial charge on any atom is 0.419 e. The van der Waals surface area contributed by atoms with Crippen molar-refractivity contribution in [1.82, 2.24) is 4.57 Å². The minimum absolute atomic E-state index is 0.0186. The molecule has 3 rings (SSSR count). The Bertz CT molecular complexity index is 1160. The lowest BCUT2D eigenvalue weighted by atomic mass is 10.1. The number of aromatic nitrogens is 1. The molecule has 0 atom stereocenters. The number of carbonyl (C=O) groups is 1. The first-order valence-corrected chi connectivity index (χ1v) is 10.2. The van der Waals surface area contributed by atoms with Crippen molar-refractivity contribution in [3.63, 3.8) is 0 Å². The quantitative estimate of drug-likeness (QED) is 0.700. The van der Waals surface area contributed by atoms with E-state index in [4.69, 9.17) is 4.42 Å². The standard InChI is InChI=1S/C19H20N2O5S/c1-3-13-5-4-6-14(11-13)20-18(22)9-10-27(24,25)15-7-8-16-17(12-15)26-19(23)21(16)2/h4-8,11-12H,3,9-10H2,1-2H3,(H,20,22). The predicted octanol–water partition coefficient (Wildman–Crippen LogP) is 2.50. The van der Waals surface area contributed by atoms with Crippen molar-refractivity contribution < 1.29 is 17.6 Å². The summed E-state index contributed by atoms with van der Waals surface area (Å²) in [6, 6.07) is 11.7. The van der Waals surface area contributed by atoms with Crippen molar-refractivity contribution >= 4 is 32.5 Å². The Morgan fingerprint density at radius 1 is 1.19 bits per heavy atom. The van der Waals surface area contributed by atoms with Crippen molar-refractivity contribution in [3.05, 3.63) is 58.6 Å². The summed E-state index contributed by atoms with van der Waals surface area (Å²) in [5.74, 6) is -1.28. The number of amides is 1. The molecule has 0 saturated heterocycles. The first-order valence-electron chi connectivity index (χ1n) is 8.51. The van der Waals surface area contributed by atoms with Crippen LogP contribution < -0.4 is 11.1 Å². The van der Waals surface area contributed by atoms with Gasteiger partial charge in [-0.3, -0.25) is 9.36 Å². The second kappa shape index (κ2) is 7.40. The molecule has 2 aromatic carbocycles. The van der Waals surface area contributed by atoms with Gasteiger partial charge in [0, 0.05) is 25.2 Å². The van der Waals surface area contributed by atoms with Gasteiger partial charge in [-0.1, -0.05) is 19.1 Å². The zero-order chi connectivity index (χ0) is 19.6. The molecule has 27 heavy (non-hydrogen) atoms. The van der Waals surface area contributed by atoms with Crippen molar-refractivity contribution in [2.24, 2.45) is 7.05 Å². The van der Waals surface area contributed by atoms with E-state index in [0.29, 0.717) is 11.2 Å². The molecule has 0 fully saturated rings. The number of fused-ring (bicyclic) bond motifs is 1. The highest BCUT2D eigenvalue weighted by Crippen LogP contribution is 2.20. The summed E-state index contributed by atoms with van der Waals surface area (Å²) in [4.78, 5) is 23.7. The van der Waals surface area contributed by atoms with Gasteiger partial charge >= 0.3 is 5.76 Å². The number of aryl methyl sites for hydroxylation is 2. The van der Waals surface area contributed by atoms with Gasteiger partial charge < -0.3 is 9.73 Å². The second-order valence-corrected chi connectivity index (χ2v) is 8.34. The van der Waals surface area contributed by atoms with Gasteiger partial charge in [0.25, 0.3) is 0 Å². The molecular weight excluding hydrogens is 368 g/mol. The number of sulfone groups is 1. The number of rotatable bonds is 6. The van der Waals surface area contributed by atoms with Crippen LogP contribution in [0.3, 0.4) is 0 Å². The summed E-state index contributed by atoms with van der Waals surface area (Å²) in [6.45, 7) is 2.01. The predicted molar refractivity (Wildman–Crippen MR) is 103 cm³/mol. The van der Waals surface area contributed by atoms with Crippen LogP contribution in [0.4, 0.5) is 5.69 Å². The lowest BCUT2D eigenvalue weighted by molar-refractivity contribution is -0.115. The molecule has 1 aromatic heterocycles. The number of nitrogens with zero attached hydrogens (tertiary/aromatic N) is 1. The van der Waals surface area contributed by atoms with Crippen LogP contribution in [0.1, 0.15) is 18.9 Å². The van der Waals surface area contributed by atoms with Crippen LogP contribution in [-0.2, 0) is 28.1 Å². The van der Waals surface area contributed by atoms with E-state index in [0.717, 1.165) is 12.0 Å². The monoisotopic (exact) mass is 388 g/mol. The summed E-state index contributed by atoms with van der Waals surface area (Å²) in [5, 5.41) is 2.71. The fraction of sp³-hybridized carbons (Fsp3) is 0.263. The van der Waals surface area contributed by atoms with Crippen LogP contribution in [-0.4, -0.2) is 24.6 Å². The molecule has 7 nitrogen and oxygen atoms in total. The molecule has 0 aliphatic rings. The van der Waals surface area contributed by atoms with Crippen LogP contribution in [0.15, 0.2) is 56.6 Å². The van der Waals surface area contributed by atoms with Crippen molar-refractivity contribution in [1.29, 1.82) is 0 Å². The third-order valence-electron chi connectivity index (χ3n) is 4.34. The molecule has 0 unspecified atom stereocenters. The Kier molecular flexibility index (Phi) is 5.18. The topological polar surface area (TPSA) is 98.4 Å². The van der Waals surface area contributed by atoms with E-state index in [-0.39, 0.29) is 28.6 Å². The zero-order valence-electron chi connectivity index (χ0n) is 15.1. The van der Waals surface area contributed by atoms with Gasteiger partial charge in [0.05, 0.1) is 16.2 Å². The molecule has 8 heteroatoms. The Labute approximate surface area is 156 Å². The van der Waals surface area contributed by atoms with Crippen LogP contribution in [0.5, 0.6) is 0 Å². The van der Waals surface area contributed by atoms with E-state index in [1.807, 2.05) is 25.1 Å². The highest BCUT2D eigenvalue weighted by Gasteiger charge is 2.19. The van der Waals surface area contributed by atoms with E-state index in [9.17, 15) is 18.0 Å². The van der Waals surface area contributed by atoms with Gasteiger partial charge in [0.2, 0.25) is 5.91 Å². The molecule has 1 heterocycles. The molecule has 0 saturated carbocycles.